The number of benzene rings is 1. The fourth-order valence-corrected chi connectivity index (χ4v) is 2.48. The Morgan fingerprint density at radius 3 is 2.75 bits per heavy atom. The highest BCUT2D eigenvalue weighted by atomic mass is 16.5. The van der Waals surface area contributed by atoms with E-state index in [0.717, 1.165) is 5.56 Å². The molecular formula is C18H21NO5. The number of carboxylic acid groups (broad SMARTS) is 1. The van der Waals surface area contributed by atoms with Gasteiger partial charge in [0.15, 0.2) is 0 Å². The number of carboxylic acids is 1. The highest BCUT2D eigenvalue weighted by Gasteiger charge is 2.15. The quantitative estimate of drug-likeness (QED) is 0.600. The third-order valence-corrected chi connectivity index (χ3v) is 3.64. The second-order valence-electron chi connectivity index (χ2n) is 5.70. The first-order valence-electron chi connectivity index (χ1n) is 7.74. The van der Waals surface area contributed by atoms with Gasteiger partial charge in [0.05, 0.1) is 18.4 Å². The number of hydrogen-bond donors (Lipinski definition) is 2. The second-order valence-corrected chi connectivity index (χ2v) is 5.70. The third-order valence-electron chi connectivity index (χ3n) is 3.64. The zero-order valence-corrected chi connectivity index (χ0v) is 13.7. The van der Waals surface area contributed by atoms with Crippen LogP contribution in [0.5, 0.6) is 0 Å². The van der Waals surface area contributed by atoms with Crippen molar-refractivity contribution in [3.05, 3.63) is 58.1 Å². The predicted molar refractivity (Wildman–Crippen MR) is 91.4 cm³/mol. The molecule has 24 heavy (non-hydrogen) atoms. The molecule has 0 amide bonds. The maximum absolute atomic E-state index is 12.4. The van der Waals surface area contributed by atoms with Gasteiger partial charge in [-0.05, 0) is 44.0 Å². The molecule has 0 saturated heterocycles. The summed E-state index contributed by atoms with van der Waals surface area (Å²) in [5.41, 5.74) is 0.887. The van der Waals surface area contributed by atoms with Gasteiger partial charge in [-0.3, -0.25) is 4.79 Å². The Balaban J connectivity index is 2.46. The van der Waals surface area contributed by atoms with Crippen LogP contribution in [0.2, 0.25) is 0 Å². The van der Waals surface area contributed by atoms with Crippen LogP contribution in [0.15, 0.2) is 41.5 Å². The number of nitrogens with zero attached hydrogens (tertiary/aromatic N) is 1. The van der Waals surface area contributed by atoms with Gasteiger partial charge in [0.2, 0.25) is 5.43 Å². The number of ether oxygens (including phenoxy) is 1. The van der Waals surface area contributed by atoms with Crippen LogP contribution in [-0.4, -0.2) is 34.0 Å². The topological polar surface area (TPSA) is 88.8 Å². The number of aromatic nitrogens is 1. The molecule has 0 fully saturated rings. The van der Waals surface area contributed by atoms with E-state index < -0.39 is 11.4 Å². The van der Waals surface area contributed by atoms with Crippen molar-refractivity contribution < 1.29 is 19.7 Å². The highest BCUT2D eigenvalue weighted by molar-refractivity contribution is 5.92. The van der Waals surface area contributed by atoms with Gasteiger partial charge in [0, 0.05) is 17.6 Å². The Morgan fingerprint density at radius 1 is 1.38 bits per heavy atom. The van der Waals surface area contributed by atoms with Crippen molar-refractivity contribution in [2.75, 3.05) is 13.2 Å². The molecule has 0 unspecified atom stereocenters. The summed E-state index contributed by atoms with van der Waals surface area (Å²) in [5, 5.41) is 18.3. The highest BCUT2D eigenvalue weighted by Crippen LogP contribution is 2.19. The van der Waals surface area contributed by atoms with E-state index in [0.29, 0.717) is 17.3 Å². The van der Waals surface area contributed by atoms with Gasteiger partial charge in [-0.15, -0.1) is 0 Å². The Bertz CT molecular complexity index is 820. The molecule has 1 heterocycles. The summed E-state index contributed by atoms with van der Waals surface area (Å²) in [5.74, 6) is -1.22. The molecule has 2 aromatic rings. The van der Waals surface area contributed by atoms with Crippen LogP contribution < -0.4 is 5.43 Å². The monoisotopic (exact) mass is 331 g/mol. The first-order valence-corrected chi connectivity index (χ1v) is 7.74. The van der Waals surface area contributed by atoms with Crippen LogP contribution in [0.1, 0.15) is 35.8 Å². The van der Waals surface area contributed by atoms with E-state index >= 15 is 0 Å². The zero-order valence-electron chi connectivity index (χ0n) is 13.7. The van der Waals surface area contributed by atoms with Gasteiger partial charge in [0.25, 0.3) is 0 Å². The zero-order chi connectivity index (χ0) is 17.7. The summed E-state index contributed by atoms with van der Waals surface area (Å²) in [6, 6.07) is 5.49. The SMILES string of the molecule is CC(C)n1cc(C(=O)O)c(=O)c2cc(C/C=C/OCCO)ccc21. The van der Waals surface area contributed by atoms with Crippen molar-refractivity contribution in [3.63, 3.8) is 0 Å². The molecule has 0 aliphatic rings. The van der Waals surface area contributed by atoms with E-state index in [1.54, 1.807) is 16.7 Å². The molecule has 6 nitrogen and oxygen atoms in total. The lowest BCUT2D eigenvalue weighted by Crippen LogP contribution is -2.19. The van der Waals surface area contributed by atoms with Crippen LogP contribution >= 0.6 is 0 Å². The number of hydrogen-bond acceptors (Lipinski definition) is 4. The first-order chi connectivity index (χ1) is 11.5. The molecule has 0 radical (unpaired) electrons. The van der Waals surface area contributed by atoms with Crippen molar-refractivity contribution in [3.8, 4) is 0 Å². The van der Waals surface area contributed by atoms with E-state index in [9.17, 15) is 14.7 Å². The van der Waals surface area contributed by atoms with Crippen molar-refractivity contribution in [2.24, 2.45) is 0 Å². The molecule has 0 saturated carbocycles. The maximum Gasteiger partial charge on any atom is 0.341 e. The molecule has 0 aliphatic heterocycles. The lowest BCUT2D eigenvalue weighted by molar-refractivity contribution is 0.0694. The predicted octanol–water partition coefficient (Wildman–Crippen LogP) is 2.35. The molecule has 128 valence electrons. The summed E-state index contributed by atoms with van der Waals surface area (Å²) in [6.07, 6.45) is 5.22. The van der Waals surface area contributed by atoms with Gasteiger partial charge >= 0.3 is 5.97 Å². The molecule has 2 rings (SSSR count). The average Bonchev–Trinajstić information content (AvgIpc) is 2.54. The average molecular weight is 331 g/mol. The van der Waals surface area contributed by atoms with E-state index in [1.165, 1.54) is 12.5 Å². The van der Waals surface area contributed by atoms with Crippen LogP contribution in [0.3, 0.4) is 0 Å². The van der Waals surface area contributed by atoms with Crippen LogP contribution in [-0.2, 0) is 11.2 Å². The number of aliphatic hydroxyl groups is 1. The Kier molecular flexibility index (Phi) is 5.76. The first kappa shape index (κ1) is 17.7. The number of rotatable bonds is 7. The van der Waals surface area contributed by atoms with Gasteiger partial charge in [-0.1, -0.05) is 6.07 Å². The van der Waals surface area contributed by atoms with E-state index in [1.807, 2.05) is 26.0 Å². The third kappa shape index (κ3) is 3.83. The summed E-state index contributed by atoms with van der Waals surface area (Å²) < 4.78 is 6.84. The minimum absolute atomic E-state index is 0.0313. The fourth-order valence-electron chi connectivity index (χ4n) is 2.48. The number of pyridine rings is 1. The lowest BCUT2D eigenvalue weighted by Gasteiger charge is -2.16. The van der Waals surface area contributed by atoms with E-state index in [4.69, 9.17) is 9.84 Å². The fraction of sp³-hybridized carbons (Fsp3) is 0.333. The molecule has 0 atom stereocenters. The molecular weight excluding hydrogens is 310 g/mol. The van der Waals surface area contributed by atoms with Crippen LogP contribution in [0.4, 0.5) is 0 Å². The van der Waals surface area contributed by atoms with Crippen molar-refractivity contribution in [1.82, 2.24) is 4.57 Å². The Hall–Kier alpha value is -2.60. The molecule has 1 aromatic heterocycles. The van der Waals surface area contributed by atoms with E-state index in [2.05, 4.69) is 0 Å². The Morgan fingerprint density at radius 2 is 2.12 bits per heavy atom. The van der Waals surface area contributed by atoms with Crippen LogP contribution in [0.25, 0.3) is 10.9 Å². The molecule has 2 N–H and O–H groups in total. The molecule has 0 spiro atoms. The summed E-state index contributed by atoms with van der Waals surface area (Å²) in [6.45, 7) is 4.05. The molecule has 0 bridgehead atoms. The van der Waals surface area contributed by atoms with Crippen molar-refractivity contribution in [1.29, 1.82) is 0 Å². The minimum Gasteiger partial charge on any atom is -0.499 e. The number of aliphatic hydroxyl groups excluding tert-OH is 1. The number of aromatic carboxylic acids is 1. The summed E-state index contributed by atoms with van der Waals surface area (Å²) >= 11 is 0. The standard InChI is InChI=1S/C18H21NO5/c1-12(2)19-11-15(18(22)23)17(21)14-10-13(5-6-16(14)19)4-3-8-24-9-7-20/h3,5-6,8,10-12,20H,4,7,9H2,1-2H3,(H,22,23)/b8-3+. The second kappa shape index (κ2) is 7.79. The normalized spacial score (nSPS) is 11.5. The lowest BCUT2D eigenvalue weighted by atomic mass is 10.1. The summed E-state index contributed by atoms with van der Waals surface area (Å²) in [4.78, 5) is 23.8. The van der Waals surface area contributed by atoms with Crippen LogP contribution in [0, 0.1) is 0 Å². The van der Waals surface area contributed by atoms with Gasteiger partial charge in [-0.25, -0.2) is 4.79 Å². The molecule has 1 aromatic carbocycles. The van der Waals surface area contributed by atoms with E-state index in [-0.39, 0.29) is 24.8 Å². The molecule has 6 heteroatoms. The maximum atomic E-state index is 12.4. The van der Waals surface area contributed by atoms with Crippen molar-refractivity contribution in [2.45, 2.75) is 26.3 Å². The number of allylic oxidation sites excluding steroid dienone is 1. The number of carbonyl (C=O) groups is 1. The number of fused-ring (bicyclic) bond motifs is 1. The minimum atomic E-state index is -1.22. The summed E-state index contributed by atoms with van der Waals surface area (Å²) in [7, 11) is 0. The van der Waals surface area contributed by atoms with Gasteiger partial charge < -0.3 is 19.5 Å². The van der Waals surface area contributed by atoms with Gasteiger partial charge in [0.1, 0.15) is 12.2 Å². The molecule has 0 aliphatic carbocycles. The largest absolute Gasteiger partial charge is 0.499 e. The smallest absolute Gasteiger partial charge is 0.341 e. The Labute approximate surface area is 139 Å². The van der Waals surface area contributed by atoms with Gasteiger partial charge in [-0.2, -0.15) is 0 Å². The van der Waals surface area contributed by atoms with Crippen molar-refractivity contribution >= 4 is 16.9 Å².